The molecule has 2 aromatic carbocycles. The first-order valence-electron chi connectivity index (χ1n) is 9.82. The molecule has 0 heterocycles. The fourth-order valence-electron chi connectivity index (χ4n) is 3.78. The monoisotopic (exact) mass is 381 g/mol. The molecule has 2 N–H and O–H groups in total. The van der Waals surface area contributed by atoms with Gasteiger partial charge in [-0.2, -0.15) is 0 Å². The zero-order valence-corrected chi connectivity index (χ0v) is 16.1. The van der Waals surface area contributed by atoms with Crippen LogP contribution in [0.15, 0.2) is 60.7 Å². The topological polar surface area (TPSA) is 75.6 Å². The summed E-state index contributed by atoms with van der Waals surface area (Å²) in [5.74, 6) is -0.786. The van der Waals surface area contributed by atoms with Crippen LogP contribution in [0, 0.1) is 5.92 Å². The van der Waals surface area contributed by atoms with E-state index >= 15 is 0 Å². The van der Waals surface area contributed by atoms with E-state index in [9.17, 15) is 14.7 Å². The fraction of sp³-hybridized carbons (Fsp3) is 0.391. The van der Waals surface area contributed by atoms with Gasteiger partial charge in [0.2, 0.25) is 5.60 Å². The Labute approximate surface area is 165 Å². The molecule has 1 aliphatic rings. The van der Waals surface area contributed by atoms with Crippen LogP contribution in [0.4, 0.5) is 0 Å². The molecule has 28 heavy (non-hydrogen) atoms. The van der Waals surface area contributed by atoms with Crippen molar-refractivity contribution in [2.24, 2.45) is 5.92 Å². The molecule has 0 aliphatic heterocycles. The molecule has 0 saturated heterocycles. The number of rotatable bonds is 6. The van der Waals surface area contributed by atoms with Crippen molar-refractivity contribution in [2.45, 2.75) is 44.2 Å². The first-order chi connectivity index (χ1) is 13.5. The average molecular weight is 381 g/mol. The van der Waals surface area contributed by atoms with Gasteiger partial charge in [0, 0.05) is 6.04 Å². The summed E-state index contributed by atoms with van der Waals surface area (Å²) in [6.07, 6.45) is 4.31. The van der Waals surface area contributed by atoms with E-state index in [1.165, 1.54) is 6.42 Å². The number of aliphatic hydroxyl groups is 1. The second kappa shape index (κ2) is 9.02. The van der Waals surface area contributed by atoms with Crippen LogP contribution in [0.5, 0.6) is 0 Å². The molecule has 0 radical (unpaired) electrons. The van der Waals surface area contributed by atoms with Crippen molar-refractivity contribution < 1.29 is 19.4 Å². The highest BCUT2D eigenvalue weighted by Gasteiger charge is 2.42. The highest BCUT2D eigenvalue weighted by molar-refractivity contribution is 5.88. The summed E-state index contributed by atoms with van der Waals surface area (Å²) in [7, 11) is 0. The van der Waals surface area contributed by atoms with Gasteiger partial charge in [-0.15, -0.1) is 0 Å². The minimum atomic E-state index is -1.97. The molecule has 0 unspecified atom stereocenters. The first kappa shape index (κ1) is 20.1. The largest absolute Gasteiger partial charge is 0.453 e. The van der Waals surface area contributed by atoms with Gasteiger partial charge in [-0.1, -0.05) is 80.4 Å². The molecule has 0 spiro atoms. The lowest BCUT2D eigenvalue weighted by Gasteiger charge is -2.30. The Kier molecular flexibility index (Phi) is 6.47. The summed E-state index contributed by atoms with van der Waals surface area (Å²) in [4.78, 5) is 25.2. The highest BCUT2D eigenvalue weighted by atomic mass is 16.6. The van der Waals surface area contributed by atoms with Crippen molar-refractivity contribution in [1.29, 1.82) is 0 Å². The average Bonchev–Trinajstić information content (AvgIpc) is 2.74. The number of hydrogen-bond donors (Lipinski definition) is 2. The lowest BCUT2D eigenvalue weighted by Crippen LogP contribution is -2.44. The molecule has 3 rings (SSSR count). The molecule has 148 valence electrons. The van der Waals surface area contributed by atoms with Crippen LogP contribution in [0.1, 0.15) is 43.7 Å². The maximum atomic E-state index is 12.9. The number of ether oxygens (including phenoxy) is 1. The van der Waals surface area contributed by atoms with Gasteiger partial charge in [0.1, 0.15) is 0 Å². The van der Waals surface area contributed by atoms with Gasteiger partial charge in [-0.05, 0) is 29.9 Å². The molecule has 0 aromatic heterocycles. The lowest BCUT2D eigenvalue weighted by molar-refractivity contribution is -0.164. The second-order valence-corrected chi connectivity index (χ2v) is 7.45. The highest BCUT2D eigenvalue weighted by Crippen LogP contribution is 2.31. The predicted octanol–water partition coefficient (Wildman–Crippen LogP) is 3.16. The minimum Gasteiger partial charge on any atom is -0.453 e. The minimum absolute atomic E-state index is 0.113. The second-order valence-electron chi connectivity index (χ2n) is 7.45. The number of esters is 1. The van der Waals surface area contributed by atoms with E-state index in [0.29, 0.717) is 17.0 Å². The quantitative estimate of drug-likeness (QED) is 0.754. The van der Waals surface area contributed by atoms with Crippen molar-refractivity contribution >= 4 is 11.9 Å². The Balaban J connectivity index is 1.71. The van der Waals surface area contributed by atoms with Gasteiger partial charge in [-0.3, -0.25) is 4.79 Å². The standard InChI is InChI=1S/C23H27NO4/c1-17-10-8-9-15-20(17)24-21(25)16-28-22(26)23(27,18-11-4-2-5-12-18)19-13-6-3-7-14-19/h2-7,11-14,17,20,27H,8-10,15-16H2,1H3,(H,24,25)/t17-,20+/m0/s1. The van der Waals surface area contributed by atoms with Crippen LogP contribution in [0.2, 0.25) is 0 Å². The maximum Gasteiger partial charge on any atom is 0.348 e. The Morgan fingerprint density at radius 3 is 2.07 bits per heavy atom. The van der Waals surface area contributed by atoms with E-state index in [4.69, 9.17) is 4.74 Å². The van der Waals surface area contributed by atoms with Crippen LogP contribution in [-0.2, 0) is 19.9 Å². The smallest absolute Gasteiger partial charge is 0.348 e. The number of benzene rings is 2. The van der Waals surface area contributed by atoms with E-state index in [1.807, 2.05) is 0 Å². The van der Waals surface area contributed by atoms with Crippen LogP contribution in [0.3, 0.4) is 0 Å². The van der Waals surface area contributed by atoms with E-state index < -0.39 is 18.2 Å². The van der Waals surface area contributed by atoms with E-state index in [-0.39, 0.29) is 11.9 Å². The molecule has 2 atom stereocenters. The van der Waals surface area contributed by atoms with Crippen molar-refractivity contribution in [3.05, 3.63) is 71.8 Å². The SMILES string of the molecule is C[C@H]1CCCC[C@H]1NC(=O)COC(=O)C(O)(c1ccccc1)c1ccccc1. The molecule has 1 fully saturated rings. The lowest BCUT2D eigenvalue weighted by atomic mass is 9.86. The molecule has 2 aromatic rings. The first-order valence-corrected chi connectivity index (χ1v) is 9.82. The summed E-state index contributed by atoms with van der Waals surface area (Å²) < 4.78 is 5.25. The van der Waals surface area contributed by atoms with Gasteiger partial charge in [0.25, 0.3) is 5.91 Å². The van der Waals surface area contributed by atoms with Crippen molar-refractivity contribution in [1.82, 2.24) is 5.32 Å². The van der Waals surface area contributed by atoms with Crippen molar-refractivity contribution in [2.75, 3.05) is 6.61 Å². The number of amides is 1. The van der Waals surface area contributed by atoms with Gasteiger partial charge < -0.3 is 15.2 Å². The Morgan fingerprint density at radius 2 is 1.54 bits per heavy atom. The zero-order valence-electron chi connectivity index (χ0n) is 16.1. The molecule has 0 bridgehead atoms. The third-order valence-electron chi connectivity index (χ3n) is 5.47. The van der Waals surface area contributed by atoms with Crippen LogP contribution in [0.25, 0.3) is 0 Å². The molecule has 5 nitrogen and oxygen atoms in total. The molecular formula is C23H27NO4. The van der Waals surface area contributed by atoms with E-state index in [1.54, 1.807) is 60.7 Å². The Bertz CT molecular complexity index is 751. The number of carbonyl (C=O) groups excluding carboxylic acids is 2. The summed E-state index contributed by atoms with van der Waals surface area (Å²) in [5, 5.41) is 14.2. The Morgan fingerprint density at radius 1 is 1.00 bits per heavy atom. The normalized spacial score (nSPS) is 19.6. The zero-order chi connectivity index (χ0) is 20.0. The van der Waals surface area contributed by atoms with Crippen LogP contribution < -0.4 is 5.32 Å². The van der Waals surface area contributed by atoms with Gasteiger partial charge >= 0.3 is 5.97 Å². The number of nitrogens with one attached hydrogen (secondary N) is 1. The maximum absolute atomic E-state index is 12.9. The number of hydrogen-bond acceptors (Lipinski definition) is 4. The summed E-state index contributed by atoms with van der Waals surface area (Å²) in [6, 6.07) is 17.4. The van der Waals surface area contributed by atoms with E-state index in [0.717, 1.165) is 19.3 Å². The predicted molar refractivity (Wildman–Crippen MR) is 106 cm³/mol. The molecule has 1 saturated carbocycles. The summed E-state index contributed by atoms with van der Waals surface area (Å²) in [6.45, 7) is 1.71. The third-order valence-corrected chi connectivity index (χ3v) is 5.47. The molecular weight excluding hydrogens is 354 g/mol. The van der Waals surface area contributed by atoms with Gasteiger partial charge in [-0.25, -0.2) is 4.79 Å². The molecule has 5 heteroatoms. The van der Waals surface area contributed by atoms with Gasteiger partial charge in [0.15, 0.2) is 6.61 Å². The van der Waals surface area contributed by atoms with Gasteiger partial charge in [0.05, 0.1) is 0 Å². The van der Waals surface area contributed by atoms with Crippen LogP contribution in [-0.4, -0.2) is 29.6 Å². The molecule has 1 aliphatic carbocycles. The van der Waals surface area contributed by atoms with E-state index in [2.05, 4.69) is 12.2 Å². The van der Waals surface area contributed by atoms with Crippen molar-refractivity contribution in [3.63, 3.8) is 0 Å². The summed E-state index contributed by atoms with van der Waals surface area (Å²) in [5.41, 5.74) is -1.18. The third kappa shape index (κ3) is 4.42. The fourth-order valence-corrected chi connectivity index (χ4v) is 3.78. The summed E-state index contributed by atoms with van der Waals surface area (Å²) >= 11 is 0. The number of carbonyl (C=O) groups is 2. The van der Waals surface area contributed by atoms with Crippen molar-refractivity contribution in [3.8, 4) is 0 Å². The van der Waals surface area contributed by atoms with Crippen LogP contribution >= 0.6 is 0 Å². The Hall–Kier alpha value is -2.66. The molecule has 1 amide bonds.